The maximum Gasteiger partial charge on any atom is 0.492 e. The summed E-state index contributed by atoms with van der Waals surface area (Å²) in [6.45, 7) is 0.443. The molecular formula is C7H14BF3NS-. The first-order valence-corrected chi connectivity index (χ1v) is 5.40. The Morgan fingerprint density at radius 2 is 1.69 bits per heavy atom. The van der Waals surface area contributed by atoms with E-state index >= 15 is 0 Å². The van der Waals surface area contributed by atoms with Crippen LogP contribution in [0.15, 0.2) is 0 Å². The van der Waals surface area contributed by atoms with Gasteiger partial charge in [0.1, 0.15) is 0 Å². The minimum atomic E-state index is -4.65. The second-order valence-electron chi connectivity index (χ2n) is 3.69. The Hall–Kier alpha value is 0.165. The SMILES string of the molecule is CC1CN(C[B-](F)(F)F)CC(C)S1. The second kappa shape index (κ2) is 4.13. The first-order chi connectivity index (χ1) is 5.87. The zero-order chi connectivity index (χ0) is 10.1. The van der Waals surface area contributed by atoms with Crippen LogP contribution in [-0.2, 0) is 0 Å². The van der Waals surface area contributed by atoms with Crippen molar-refractivity contribution in [1.82, 2.24) is 4.90 Å². The molecule has 1 fully saturated rings. The van der Waals surface area contributed by atoms with Gasteiger partial charge in [-0.15, -0.1) is 0 Å². The first kappa shape index (κ1) is 11.2. The Balaban J connectivity index is 2.42. The summed E-state index contributed by atoms with van der Waals surface area (Å²) in [5.41, 5.74) is 0. The summed E-state index contributed by atoms with van der Waals surface area (Å²) in [5.74, 6) is 0. The largest absolute Gasteiger partial charge is 0.492 e. The molecule has 1 rings (SSSR count). The predicted molar refractivity (Wildman–Crippen MR) is 52.0 cm³/mol. The van der Waals surface area contributed by atoms with Crippen LogP contribution in [0.3, 0.4) is 0 Å². The lowest BCUT2D eigenvalue weighted by molar-refractivity contribution is 0.276. The molecular weight excluding hydrogens is 198 g/mol. The van der Waals surface area contributed by atoms with Crippen LogP contribution in [-0.4, -0.2) is 41.9 Å². The van der Waals surface area contributed by atoms with Gasteiger partial charge in [-0.1, -0.05) is 13.8 Å². The van der Waals surface area contributed by atoms with E-state index in [0.717, 1.165) is 0 Å². The molecule has 2 unspecified atom stereocenters. The fourth-order valence-corrected chi connectivity index (χ4v) is 3.11. The highest BCUT2D eigenvalue weighted by Crippen LogP contribution is 2.25. The van der Waals surface area contributed by atoms with Crippen LogP contribution in [0.1, 0.15) is 13.8 Å². The van der Waals surface area contributed by atoms with Gasteiger partial charge in [-0.2, -0.15) is 11.8 Å². The number of nitrogens with zero attached hydrogens (tertiary/aromatic N) is 1. The third-order valence-corrected chi connectivity index (χ3v) is 3.19. The van der Waals surface area contributed by atoms with Crippen molar-refractivity contribution < 1.29 is 12.9 Å². The van der Waals surface area contributed by atoms with Gasteiger partial charge in [0.25, 0.3) is 0 Å². The maximum absolute atomic E-state index is 12.1. The lowest BCUT2D eigenvalue weighted by Crippen LogP contribution is -2.46. The van der Waals surface area contributed by atoms with E-state index in [-0.39, 0.29) is 0 Å². The van der Waals surface area contributed by atoms with Gasteiger partial charge >= 0.3 is 6.98 Å². The molecule has 1 heterocycles. The van der Waals surface area contributed by atoms with Crippen LogP contribution >= 0.6 is 11.8 Å². The molecule has 0 aromatic heterocycles. The highest BCUT2D eigenvalue weighted by atomic mass is 32.2. The van der Waals surface area contributed by atoms with Crippen molar-refractivity contribution in [2.45, 2.75) is 24.3 Å². The van der Waals surface area contributed by atoms with Crippen molar-refractivity contribution in [3.63, 3.8) is 0 Å². The third kappa shape index (κ3) is 4.27. The van der Waals surface area contributed by atoms with Gasteiger partial charge in [0.05, 0.1) is 0 Å². The Kier molecular flexibility index (Phi) is 3.57. The van der Waals surface area contributed by atoms with Crippen molar-refractivity contribution in [2.75, 3.05) is 19.5 Å². The summed E-state index contributed by atoms with van der Waals surface area (Å²) >= 11 is 1.77. The molecule has 1 aliphatic rings. The summed E-state index contributed by atoms with van der Waals surface area (Å²) in [7, 11) is 0. The van der Waals surface area contributed by atoms with Gasteiger partial charge in [-0.05, 0) is 6.44 Å². The molecule has 0 amide bonds. The third-order valence-electron chi connectivity index (χ3n) is 1.96. The number of thioether (sulfide) groups is 1. The van der Waals surface area contributed by atoms with Gasteiger partial charge in [0.2, 0.25) is 0 Å². The molecule has 0 N–H and O–H groups in total. The van der Waals surface area contributed by atoms with Crippen molar-refractivity contribution in [2.24, 2.45) is 0 Å². The smallest absolute Gasteiger partial charge is 0.448 e. The molecule has 0 aromatic rings. The minimum absolute atomic E-state index is 0.321. The highest BCUT2D eigenvalue weighted by Gasteiger charge is 2.30. The van der Waals surface area contributed by atoms with E-state index in [1.165, 1.54) is 4.90 Å². The summed E-state index contributed by atoms with van der Waals surface area (Å²) in [4.78, 5) is 1.52. The lowest BCUT2D eigenvalue weighted by Gasteiger charge is -2.37. The lowest BCUT2D eigenvalue weighted by atomic mass is 9.91. The molecule has 1 aliphatic heterocycles. The summed E-state index contributed by atoms with van der Waals surface area (Å²) < 4.78 is 36.3. The van der Waals surface area contributed by atoms with E-state index < -0.39 is 13.4 Å². The Morgan fingerprint density at radius 3 is 2.08 bits per heavy atom. The summed E-state index contributed by atoms with van der Waals surface area (Å²) in [6.07, 6.45) is -0.699. The summed E-state index contributed by atoms with van der Waals surface area (Å²) in [6, 6.07) is 0. The molecule has 78 valence electrons. The van der Waals surface area contributed by atoms with Crippen LogP contribution in [0.2, 0.25) is 0 Å². The van der Waals surface area contributed by atoms with E-state index in [0.29, 0.717) is 23.6 Å². The topological polar surface area (TPSA) is 3.24 Å². The van der Waals surface area contributed by atoms with Crippen molar-refractivity contribution in [1.29, 1.82) is 0 Å². The van der Waals surface area contributed by atoms with Gasteiger partial charge < -0.3 is 17.8 Å². The minimum Gasteiger partial charge on any atom is -0.448 e. The standard InChI is InChI=1S/C7H14BF3NS/c1-6-3-12(4-7(2)13-6)5-8(9,10)11/h6-7H,3-5H2,1-2H3/q-1. The van der Waals surface area contributed by atoms with Crippen molar-refractivity contribution in [3.8, 4) is 0 Å². The van der Waals surface area contributed by atoms with Crippen LogP contribution in [0.5, 0.6) is 0 Å². The maximum atomic E-state index is 12.1. The molecule has 2 atom stereocenters. The van der Waals surface area contributed by atoms with E-state index in [2.05, 4.69) is 0 Å². The van der Waals surface area contributed by atoms with Gasteiger partial charge in [0.15, 0.2) is 0 Å². The second-order valence-corrected chi connectivity index (χ2v) is 5.57. The molecule has 0 spiro atoms. The van der Waals surface area contributed by atoms with Crippen LogP contribution in [0.25, 0.3) is 0 Å². The number of halogens is 3. The van der Waals surface area contributed by atoms with E-state index in [1.54, 1.807) is 11.8 Å². The highest BCUT2D eigenvalue weighted by molar-refractivity contribution is 8.00. The van der Waals surface area contributed by atoms with E-state index in [9.17, 15) is 12.9 Å². The van der Waals surface area contributed by atoms with Gasteiger partial charge in [-0.25, -0.2) is 0 Å². The fourth-order valence-electron chi connectivity index (χ4n) is 1.73. The molecule has 13 heavy (non-hydrogen) atoms. The molecule has 0 aliphatic carbocycles. The predicted octanol–water partition coefficient (Wildman–Crippen LogP) is 2.20. The average Bonchev–Trinajstić information content (AvgIpc) is 1.78. The van der Waals surface area contributed by atoms with Crippen LogP contribution in [0, 0.1) is 0 Å². The van der Waals surface area contributed by atoms with E-state index in [1.807, 2.05) is 13.8 Å². The van der Waals surface area contributed by atoms with E-state index in [4.69, 9.17) is 0 Å². The van der Waals surface area contributed by atoms with Crippen molar-refractivity contribution >= 4 is 18.7 Å². The first-order valence-electron chi connectivity index (χ1n) is 4.45. The molecule has 1 nitrogen and oxygen atoms in total. The molecule has 1 saturated heterocycles. The Labute approximate surface area is 81.1 Å². The summed E-state index contributed by atoms with van der Waals surface area (Å²) in [5, 5.41) is 0.642. The zero-order valence-corrected chi connectivity index (χ0v) is 8.66. The molecule has 0 bridgehead atoms. The number of rotatable bonds is 2. The van der Waals surface area contributed by atoms with Crippen LogP contribution < -0.4 is 0 Å². The molecule has 6 heteroatoms. The van der Waals surface area contributed by atoms with Crippen molar-refractivity contribution in [3.05, 3.63) is 0 Å². The molecule has 0 saturated carbocycles. The monoisotopic (exact) mass is 212 g/mol. The zero-order valence-electron chi connectivity index (χ0n) is 7.84. The number of hydrogen-bond donors (Lipinski definition) is 0. The Bertz CT molecular complexity index is 166. The fraction of sp³-hybridized carbons (Fsp3) is 1.00. The normalized spacial score (nSPS) is 32.1. The quantitative estimate of drug-likeness (QED) is 0.645. The van der Waals surface area contributed by atoms with Gasteiger partial charge in [0, 0.05) is 23.6 Å². The van der Waals surface area contributed by atoms with Gasteiger partial charge in [-0.3, -0.25) is 0 Å². The molecule has 0 radical (unpaired) electrons. The number of hydrogen-bond acceptors (Lipinski definition) is 2. The Morgan fingerprint density at radius 1 is 1.23 bits per heavy atom. The average molecular weight is 212 g/mol. The van der Waals surface area contributed by atoms with Crippen LogP contribution in [0.4, 0.5) is 12.9 Å². The molecule has 0 aromatic carbocycles.